The molecule has 6 nitrogen and oxygen atoms in total. The van der Waals surface area contributed by atoms with Crippen molar-refractivity contribution in [1.82, 2.24) is 5.32 Å². The summed E-state index contributed by atoms with van der Waals surface area (Å²) in [7, 11) is -0.891. The van der Waals surface area contributed by atoms with Gasteiger partial charge in [-0.3, -0.25) is 9.10 Å². The second-order valence-corrected chi connectivity index (χ2v) is 9.56. The highest BCUT2D eigenvalue weighted by molar-refractivity contribution is 7.92. The Hall–Kier alpha value is -2.55. The fourth-order valence-electron chi connectivity index (χ4n) is 2.69. The molecule has 0 radical (unpaired) electrons. The van der Waals surface area contributed by atoms with Crippen molar-refractivity contribution in [3.8, 4) is 5.75 Å². The van der Waals surface area contributed by atoms with Gasteiger partial charge < -0.3 is 10.1 Å². The molecule has 2 aromatic carbocycles. The van der Waals surface area contributed by atoms with Crippen molar-refractivity contribution in [3.63, 3.8) is 0 Å². The van der Waals surface area contributed by atoms with Crippen LogP contribution in [0.4, 0.5) is 5.69 Å². The fourth-order valence-corrected chi connectivity index (χ4v) is 5.19. The normalized spacial score (nSPS) is 11.3. The number of halogens is 1. The number of hydrogen-bond acceptors (Lipinski definition) is 5. The SMILES string of the molecule is C=CCNC(=O)c1cc2cc(N(C)S(=O)(=O)c3ccc(OC)c(Cl)c3)ccc2s1. The molecule has 1 amide bonds. The van der Waals surface area contributed by atoms with Gasteiger partial charge in [-0.2, -0.15) is 0 Å². The summed E-state index contributed by atoms with van der Waals surface area (Å²) in [5, 5.41) is 3.73. The average Bonchev–Trinajstić information content (AvgIpc) is 3.14. The van der Waals surface area contributed by atoms with E-state index in [1.165, 1.54) is 48.0 Å². The number of ether oxygens (including phenoxy) is 1. The third kappa shape index (κ3) is 4.24. The predicted molar refractivity (Wildman–Crippen MR) is 118 cm³/mol. The lowest BCUT2D eigenvalue weighted by molar-refractivity contribution is 0.0962. The van der Waals surface area contributed by atoms with Crippen molar-refractivity contribution in [1.29, 1.82) is 0 Å². The van der Waals surface area contributed by atoms with Crippen molar-refractivity contribution in [3.05, 3.63) is 65.0 Å². The van der Waals surface area contributed by atoms with Crippen LogP contribution in [0, 0.1) is 0 Å². The minimum absolute atomic E-state index is 0.0562. The highest BCUT2D eigenvalue weighted by Crippen LogP contribution is 2.33. The van der Waals surface area contributed by atoms with Gasteiger partial charge in [-0.15, -0.1) is 17.9 Å². The Morgan fingerprint density at radius 2 is 2.03 bits per heavy atom. The van der Waals surface area contributed by atoms with Crippen LogP contribution in [0.25, 0.3) is 10.1 Å². The maximum Gasteiger partial charge on any atom is 0.264 e. The predicted octanol–water partition coefficient (Wildman–Crippen LogP) is 4.30. The van der Waals surface area contributed by atoms with Gasteiger partial charge in [0.1, 0.15) is 5.75 Å². The van der Waals surface area contributed by atoms with Crippen molar-refractivity contribution in [2.75, 3.05) is 25.0 Å². The lowest BCUT2D eigenvalue weighted by atomic mass is 10.2. The van der Waals surface area contributed by atoms with E-state index >= 15 is 0 Å². The second-order valence-electron chi connectivity index (χ2n) is 6.10. The number of nitrogens with zero attached hydrogens (tertiary/aromatic N) is 1. The van der Waals surface area contributed by atoms with E-state index in [2.05, 4.69) is 11.9 Å². The molecule has 0 bridgehead atoms. The van der Waals surface area contributed by atoms with Crippen LogP contribution in [0.1, 0.15) is 9.67 Å². The summed E-state index contributed by atoms with van der Waals surface area (Å²) >= 11 is 7.42. The molecular weight excluding hydrogens is 432 g/mol. The van der Waals surface area contributed by atoms with Crippen LogP contribution in [-0.4, -0.2) is 35.0 Å². The second kappa shape index (κ2) is 8.44. The minimum atomic E-state index is -3.82. The van der Waals surface area contributed by atoms with Crippen molar-refractivity contribution >= 4 is 54.6 Å². The first-order chi connectivity index (χ1) is 13.8. The van der Waals surface area contributed by atoms with E-state index in [0.29, 0.717) is 22.9 Å². The van der Waals surface area contributed by atoms with Crippen LogP contribution in [-0.2, 0) is 10.0 Å². The number of carbonyl (C=O) groups excluding carboxylic acids is 1. The average molecular weight is 451 g/mol. The lowest BCUT2D eigenvalue weighted by Gasteiger charge is -2.20. The van der Waals surface area contributed by atoms with E-state index in [9.17, 15) is 13.2 Å². The molecule has 0 saturated carbocycles. The molecule has 0 saturated heterocycles. The van der Waals surface area contributed by atoms with E-state index in [1.54, 1.807) is 30.3 Å². The minimum Gasteiger partial charge on any atom is -0.495 e. The molecule has 0 fully saturated rings. The summed E-state index contributed by atoms with van der Waals surface area (Å²) in [6.45, 7) is 3.95. The summed E-state index contributed by atoms with van der Waals surface area (Å²) < 4.78 is 33.2. The number of rotatable bonds is 7. The summed E-state index contributed by atoms with van der Waals surface area (Å²) in [5.41, 5.74) is 0.472. The van der Waals surface area contributed by atoms with Crippen LogP contribution in [0.5, 0.6) is 5.75 Å². The summed E-state index contributed by atoms with van der Waals surface area (Å²) in [6.07, 6.45) is 1.61. The molecule has 3 rings (SSSR count). The van der Waals surface area contributed by atoms with Gasteiger partial charge in [-0.25, -0.2) is 8.42 Å². The first-order valence-corrected chi connectivity index (χ1v) is 11.2. The van der Waals surface area contributed by atoms with Gasteiger partial charge in [0.25, 0.3) is 15.9 Å². The van der Waals surface area contributed by atoms with E-state index in [0.717, 1.165) is 10.1 Å². The van der Waals surface area contributed by atoms with Gasteiger partial charge >= 0.3 is 0 Å². The third-order valence-electron chi connectivity index (χ3n) is 4.28. The number of thiophene rings is 1. The molecule has 1 N–H and O–H groups in total. The first kappa shape index (κ1) is 21.2. The zero-order chi connectivity index (χ0) is 21.2. The zero-order valence-corrected chi connectivity index (χ0v) is 18.2. The topological polar surface area (TPSA) is 75.7 Å². The Labute approximate surface area is 178 Å². The summed E-state index contributed by atoms with van der Waals surface area (Å²) in [6, 6.07) is 11.3. The van der Waals surface area contributed by atoms with E-state index in [1.807, 2.05) is 0 Å². The lowest BCUT2D eigenvalue weighted by Crippen LogP contribution is -2.26. The molecule has 0 aliphatic heterocycles. The standard InChI is InChI=1S/C20H19ClN2O4S2/c1-4-9-22-20(24)19-11-13-10-14(5-8-18(13)28-19)23(2)29(25,26)15-6-7-17(27-3)16(21)12-15/h4-8,10-12H,1,9H2,2-3H3,(H,22,24). The Balaban J connectivity index is 1.93. The maximum atomic E-state index is 13.0. The molecule has 1 aromatic heterocycles. The number of fused-ring (bicyclic) bond motifs is 1. The number of benzene rings is 2. The summed E-state index contributed by atoms with van der Waals surface area (Å²) in [5.74, 6) is 0.205. The van der Waals surface area contributed by atoms with Crippen LogP contribution in [0.2, 0.25) is 5.02 Å². The highest BCUT2D eigenvalue weighted by Gasteiger charge is 2.23. The number of anilines is 1. The maximum absolute atomic E-state index is 13.0. The van der Waals surface area contributed by atoms with E-state index in [-0.39, 0.29) is 15.8 Å². The quantitative estimate of drug-likeness (QED) is 0.544. The number of carbonyl (C=O) groups is 1. The smallest absolute Gasteiger partial charge is 0.264 e. The van der Waals surface area contributed by atoms with Crippen molar-refractivity contribution < 1.29 is 17.9 Å². The van der Waals surface area contributed by atoms with Gasteiger partial charge in [0.05, 0.1) is 27.6 Å². The van der Waals surface area contributed by atoms with Gasteiger partial charge in [0.2, 0.25) is 0 Å². The van der Waals surface area contributed by atoms with Crippen LogP contribution >= 0.6 is 22.9 Å². The Morgan fingerprint density at radius 1 is 1.28 bits per heavy atom. The highest BCUT2D eigenvalue weighted by atomic mass is 35.5. The van der Waals surface area contributed by atoms with Gasteiger partial charge in [0.15, 0.2) is 0 Å². The van der Waals surface area contributed by atoms with Gasteiger partial charge in [-0.05, 0) is 47.9 Å². The number of sulfonamides is 1. The first-order valence-electron chi connectivity index (χ1n) is 8.53. The largest absolute Gasteiger partial charge is 0.495 e. The molecule has 0 aliphatic rings. The molecule has 0 unspecified atom stereocenters. The molecule has 152 valence electrons. The van der Waals surface area contributed by atoms with Gasteiger partial charge in [0, 0.05) is 18.3 Å². The molecule has 3 aromatic rings. The number of nitrogens with one attached hydrogen (secondary N) is 1. The number of amides is 1. The zero-order valence-electron chi connectivity index (χ0n) is 15.8. The van der Waals surface area contributed by atoms with E-state index in [4.69, 9.17) is 16.3 Å². The number of hydrogen-bond donors (Lipinski definition) is 1. The third-order valence-corrected chi connectivity index (χ3v) is 7.47. The molecule has 0 atom stereocenters. The van der Waals surface area contributed by atoms with E-state index < -0.39 is 10.0 Å². The molecule has 1 heterocycles. The fraction of sp³-hybridized carbons (Fsp3) is 0.150. The van der Waals surface area contributed by atoms with Crippen LogP contribution in [0.3, 0.4) is 0 Å². The Morgan fingerprint density at radius 3 is 2.69 bits per heavy atom. The number of methoxy groups -OCH3 is 1. The van der Waals surface area contributed by atoms with Crippen LogP contribution in [0.15, 0.2) is 60.0 Å². The van der Waals surface area contributed by atoms with Crippen molar-refractivity contribution in [2.45, 2.75) is 4.90 Å². The Kier molecular flexibility index (Phi) is 6.16. The summed E-state index contributed by atoms with van der Waals surface area (Å²) in [4.78, 5) is 12.7. The van der Waals surface area contributed by atoms with Crippen LogP contribution < -0.4 is 14.4 Å². The molecular formula is C20H19ClN2O4S2. The molecule has 0 aliphatic carbocycles. The molecule has 0 spiro atoms. The molecule has 9 heteroatoms. The van der Waals surface area contributed by atoms with Gasteiger partial charge in [-0.1, -0.05) is 17.7 Å². The monoisotopic (exact) mass is 450 g/mol. The Bertz CT molecular complexity index is 1190. The molecule has 29 heavy (non-hydrogen) atoms. The van der Waals surface area contributed by atoms with Crippen molar-refractivity contribution in [2.24, 2.45) is 0 Å².